The van der Waals surface area contributed by atoms with E-state index in [1.54, 1.807) is 0 Å². The standard InChI is InChI=1S/C22H24F2N4O/c1-3-16-6-4-5-11-27(16)22(29)17-13-25-28-19(20(23)24)12-18(26-21(17)28)15-9-7-14(2)8-10-15/h7-10,12-13,16,20H,3-6,11H2,1-2H3/t16-/m0/s1. The summed E-state index contributed by atoms with van der Waals surface area (Å²) in [5.74, 6) is -0.180. The highest BCUT2D eigenvalue weighted by atomic mass is 19.3. The summed E-state index contributed by atoms with van der Waals surface area (Å²) in [5.41, 5.74) is 2.40. The van der Waals surface area contributed by atoms with Gasteiger partial charge < -0.3 is 4.90 Å². The van der Waals surface area contributed by atoms with Crippen LogP contribution < -0.4 is 0 Å². The number of carbonyl (C=O) groups is 1. The Labute approximate surface area is 168 Å². The summed E-state index contributed by atoms with van der Waals surface area (Å²) in [7, 11) is 0. The minimum absolute atomic E-state index is 0.168. The Morgan fingerprint density at radius 2 is 2.00 bits per heavy atom. The molecule has 0 N–H and O–H groups in total. The quantitative estimate of drug-likeness (QED) is 0.618. The molecule has 0 radical (unpaired) electrons. The van der Waals surface area contributed by atoms with Crippen LogP contribution in [0.4, 0.5) is 8.78 Å². The summed E-state index contributed by atoms with van der Waals surface area (Å²) in [4.78, 5) is 19.7. The number of aromatic nitrogens is 3. The smallest absolute Gasteiger partial charge is 0.280 e. The van der Waals surface area contributed by atoms with Gasteiger partial charge in [-0.1, -0.05) is 36.8 Å². The van der Waals surface area contributed by atoms with E-state index in [0.717, 1.165) is 41.3 Å². The van der Waals surface area contributed by atoms with Crippen LogP contribution in [0.15, 0.2) is 36.5 Å². The Morgan fingerprint density at radius 3 is 2.69 bits per heavy atom. The highest BCUT2D eigenvalue weighted by Crippen LogP contribution is 2.28. The van der Waals surface area contributed by atoms with E-state index >= 15 is 0 Å². The summed E-state index contributed by atoms with van der Waals surface area (Å²) in [6.45, 7) is 4.70. The van der Waals surface area contributed by atoms with Crippen molar-refractivity contribution in [2.75, 3.05) is 6.54 Å². The van der Waals surface area contributed by atoms with Gasteiger partial charge in [0.25, 0.3) is 12.3 Å². The molecule has 1 amide bonds. The molecule has 0 saturated carbocycles. The minimum Gasteiger partial charge on any atom is -0.336 e. The maximum absolute atomic E-state index is 13.8. The van der Waals surface area contributed by atoms with Crippen molar-refractivity contribution in [1.82, 2.24) is 19.5 Å². The number of carbonyl (C=O) groups excluding carboxylic acids is 1. The number of hydrogen-bond donors (Lipinski definition) is 0. The molecule has 2 aromatic heterocycles. The first-order chi connectivity index (χ1) is 14.0. The molecule has 3 heterocycles. The van der Waals surface area contributed by atoms with Crippen LogP contribution in [0.2, 0.25) is 0 Å². The average molecular weight is 398 g/mol. The number of piperidine rings is 1. The van der Waals surface area contributed by atoms with Crippen molar-refractivity contribution in [3.8, 4) is 11.3 Å². The largest absolute Gasteiger partial charge is 0.336 e. The number of nitrogens with zero attached hydrogens (tertiary/aromatic N) is 4. The third kappa shape index (κ3) is 3.61. The molecule has 0 spiro atoms. The predicted octanol–water partition coefficient (Wildman–Crippen LogP) is 5.05. The van der Waals surface area contributed by atoms with Gasteiger partial charge in [-0.2, -0.15) is 5.10 Å². The third-order valence-corrected chi connectivity index (χ3v) is 5.66. The van der Waals surface area contributed by atoms with Crippen molar-refractivity contribution in [2.24, 2.45) is 0 Å². The molecule has 3 aromatic rings. The Balaban J connectivity index is 1.83. The van der Waals surface area contributed by atoms with Gasteiger partial charge in [-0.25, -0.2) is 18.3 Å². The van der Waals surface area contributed by atoms with E-state index in [4.69, 9.17) is 0 Å². The van der Waals surface area contributed by atoms with Crippen molar-refractivity contribution < 1.29 is 13.6 Å². The van der Waals surface area contributed by atoms with Crippen molar-refractivity contribution >= 4 is 11.6 Å². The molecule has 0 unspecified atom stereocenters. The molecule has 29 heavy (non-hydrogen) atoms. The molecule has 0 aliphatic carbocycles. The number of hydrogen-bond acceptors (Lipinski definition) is 3. The first-order valence-electron chi connectivity index (χ1n) is 10.0. The van der Waals surface area contributed by atoms with Crippen molar-refractivity contribution in [1.29, 1.82) is 0 Å². The Hall–Kier alpha value is -2.83. The SMILES string of the molecule is CC[C@H]1CCCCN1C(=O)c1cnn2c(C(F)F)cc(-c3ccc(C)cc3)nc12. The molecule has 5 nitrogen and oxygen atoms in total. The second-order valence-corrected chi connectivity index (χ2v) is 7.58. The van der Waals surface area contributed by atoms with Crippen molar-refractivity contribution in [2.45, 2.75) is 52.0 Å². The van der Waals surface area contributed by atoms with Crippen LogP contribution in [0.1, 0.15) is 60.6 Å². The lowest BCUT2D eigenvalue weighted by atomic mass is 9.99. The van der Waals surface area contributed by atoms with Gasteiger partial charge in [-0.05, 0) is 38.7 Å². The van der Waals surface area contributed by atoms with E-state index in [1.165, 1.54) is 12.3 Å². The van der Waals surface area contributed by atoms with Gasteiger partial charge in [0.05, 0.1) is 11.9 Å². The zero-order valence-corrected chi connectivity index (χ0v) is 16.6. The summed E-state index contributed by atoms with van der Waals surface area (Å²) < 4.78 is 28.6. The van der Waals surface area contributed by atoms with E-state index in [9.17, 15) is 13.6 Å². The minimum atomic E-state index is -2.73. The zero-order chi connectivity index (χ0) is 20.5. The molecule has 1 atom stereocenters. The van der Waals surface area contributed by atoms with E-state index in [0.29, 0.717) is 12.2 Å². The highest BCUT2D eigenvalue weighted by molar-refractivity contribution is 6.00. The normalized spacial score (nSPS) is 17.3. The number of halogens is 2. The van der Waals surface area contributed by atoms with E-state index in [2.05, 4.69) is 17.0 Å². The van der Waals surface area contributed by atoms with E-state index in [1.807, 2.05) is 36.1 Å². The first-order valence-corrected chi connectivity index (χ1v) is 10.0. The molecule has 1 aliphatic heterocycles. The fourth-order valence-electron chi connectivity index (χ4n) is 4.01. The van der Waals surface area contributed by atoms with Crippen LogP contribution in [0.25, 0.3) is 16.9 Å². The third-order valence-electron chi connectivity index (χ3n) is 5.66. The van der Waals surface area contributed by atoms with Gasteiger partial charge in [0, 0.05) is 18.2 Å². The molecule has 0 bridgehead atoms. The van der Waals surface area contributed by atoms with Gasteiger partial charge in [-0.15, -0.1) is 0 Å². The van der Waals surface area contributed by atoms with Crippen LogP contribution in [0.3, 0.4) is 0 Å². The number of amides is 1. The maximum Gasteiger partial charge on any atom is 0.280 e. The molecule has 7 heteroatoms. The zero-order valence-electron chi connectivity index (χ0n) is 16.6. The van der Waals surface area contributed by atoms with Gasteiger partial charge in [-0.3, -0.25) is 4.79 Å². The van der Waals surface area contributed by atoms with Crippen LogP contribution in [-0.2, 0) is 0 Å². The van der Waals surface area contributed by atoms with Gasteiger partial charge in [0.15, 0.2) is 5.65 Å². The summed E-state index contributed by atoms with van der Waals surface area (Å²) in [5, 5.41) is 4.08. The number of benzene rings is 1. The summed E-state index contributed by atoms with van der Waals surface area (Å²) in [6.07, 6.45) is 2.53. The Morgan fingerprint density at radius 1 is 1.24 bits per heavy atom. The second kappa shape index (κ2) is 7.89. The molecule has 4 rings (SSSR count). The Bertz CT molecular complexity index is 1030. The maximum atomic E-state index is 13.8. The van der Waals surface area contributed by atoms with Gasteiger partial charge >= 0.3 is 0 Å². The molecule has 1 saturated heterocycles. The number of alkyl halides is 2. The lowest BCUT2D eigenvalue weighted by Gasteiger charge is -2.35. The molecule has 152 valence electrons. The second-order valence-electron chi connectivity index (χ2n) is 7.58. The lowest BCUT2D eigenvalue weighted by Crippen LogP contribution is -2.43. The number of fused-ring (bicyclic) bond motifs is 1. The van der Waals surface area contributed by atoms with E-state index < -0.39 is 6.43 Å². The summed E-state index contributed by atoms with van der Waals surface area (Å²) in [6, 6.07) is 9.02. The predicted molar refractivity (Wildman–Crippen MR) is 107 cm³/mol. The number of aryl methyl sites for hydroxylation is 1. The van der Waals surface area contributed by atoms with Crippen LogP contribution in [-0.4, -0.2) is 38.0 Å². The first kappa shape index (κ1) is 19.5. The molecule has 1 aromatic carbocycles. The van der Waals surface area contributed by atoms with Crippen LogP contribution in [0.5, 0.6) is 0 Å². The number of likely N-dealkylation sites (tertiary alicyclic amines) is 1. The van der Waals surface area contributed by atoms with E-state index in [-0.39, 0.29) is 28.9 Å². The van der Waals surface area contributed by atoms with Gasteiger partial charge in [0.1, 0.15) is 11.3 Å². The highest BCUT2D eigenvalue weighted by Gasteiger charge is 2.29. The number of rotatable bonds is 4. The monoisotopic (exact) mass is 398 g/mol. The van der Waals surface area contributed by atoms with Gasteiger partial charge in [0.2, 0.25) is 0 Å². The van der Waals surface area contributed by atoms with Crippen LogP contribution >= 0.6 is 0 Å². The van der Waals surface area contributed by atoms with Crippen molar-refractivity contribution in [3.63, 3.8) is 0 Å². The van der Waals surface area contributed by atoms with Crippen LogP contribution in [0, 0.1) is 6.92 Å². The van der Waals surface area contributed by atoms with Crippen molar-refractivity contribution in [3.05, 3.63) is 53.3 Å². The lowest BCUT2D eigenvalue weighted by molar-refractivity contribution is 0.0609. The Kier molecular flexibility index (Phi) is 5.30. The molecular weight excluding hydrogens is 374 g/mol. The topological polar surface area (TPSA) is 50.5 Å². The fraction of sp³-hybridized carbons (Fsp3) is 0.409. The average Bonchev–Trinajstić information content (AvgIpc) is 3.16. The molecule has 1 aliphatic rings. The summed E-state index contributed by atoms with van der Waals surface area (Å²) >= 11 is 0. The fourth-order valence-corrected chi connectivity index (χ4v) is 4.01. The molecular formula is C22H24F2N4O. The molecule has 1 fully saturated rings.